The molecular weight excluding hydrogens is 234 g/mol. The van der Waals surface area contributed by atoms with E-state index in [4.69, 9.17) is 10.8 Å². The third kappa shape index (κ3) is 3.87. The number of hydrogen-bond acceptors (Lipinski definition) is 3. The highest BCUT2D eigenvalue weighted by Crippen LogP contribution is 2.20. The second-order valence-electron chi connectivity index (χ2n) is 5.91. The smallest absolute Gasteiger partial charge is 0.326 e. The molecule has 1 aliphatic heterocycles. The first-order chi connectivity index (χ1) is 8.21. The van der Waals surface area contributed by atoms with E-state index in [0.29, 0.717) is 13.1 Å². The van der Waals surface area contributed by atoms with Gasteiger partial charge >= 0.3 is 12.0 Å². The summed E-state index contributed by atoms with van der Waals surface area (Å²) in [5.41, 5.74) is 5.24. The minimum atomic E-state index is -1.01. The average Bonchev–Trinajstić information content (AvgIpc) is 2.24. The maximum atomic E-state index is 12.0. The fourth-order valence-corrected chi connectivity index (χ4v) is 1.97. The molecule has 2 amide bonds. The molecule has 0 bridgehead atoms. The first-order valence-electron chi connectivity index (χ1n) is 6.25. The van der Waals surface area contributed by atoms with Gasteiger partial charge in [-0.1, -0.05) is 20.8 Å². The van der Waals surface area contributed by atoms with E-state index in [1.807, 2.05) is 0 Å². The van der Waals surface area contributed by atoms with Gasteiger partial charge in [0.05, 0.1) is 0 Å². The summed E-state index contributed by atoms with van der Waals surface area (Å²) in [6.45, 7) is 6.54. The van der Waals surface area contributed by atoms with E-state index < -0.39 is 17.4 Å². The highest BCUT2D eigenvalue weighted by molar-refractivity contribution is 5.83. The number of carboxylic acids is 1. The summed E-state index contributed by atoms with van der Waals surface area (Å²) >= 11 is 0. The lowest BCUT2D eigenvalue weighted by Gasteiger charge is -2.34. The van der Waals surface area contributed by atoms with Crippen LogP contribution in [0.3, 0.4) is 0 Å². The normalized spacial score (nSPS) is 19.4. The topological polar surface area (TPSA) is 95.7 Å². The zero-order valence-corrected chi connectivity index (χ0v) is 11.3. The van der Waals surface area contributed by atoms with Crippen LogP contribution in [0.15, 0.2) is 0 Å². The van der Waals surface area contributed by atoms with Crippen molar-refractivity contribution in [2.45, 2.75) is 45.7 Å². The Morgan fingerprint density at radius 1 is 1.33 bits per heavy atom. The van der Waals surface area contributed by atoms with Crippen LogP contribution in [0.5, 0.6) is 0 Å². The maximum absolute atomic E-state index is 12.0. The maximum Gasteiger partial charge on any atom is 0.326 e. The molecule has 0 saturated carbocycles. The van der Waals surface area contributed by atoms with Gasteiger partial charge in [0.25, 0.3) is 0 Å². The Hall–Kier alpha value is -1.30. The third-order valence-electron chi connectivity index (χ3n) is 3.21. The zero-order chi connectivity index (χ0) is 13.9. The number of amides is 2. The van der Waals surface area contributed by atoms with Crippen molar-refractivity contribution in [2.75, 3.05) is 13.1 Å². The monoisotopic (exact) mass is 257 g/mol. The quantitative estimate of drug-likeness (QED) is 0.675. The molecule has 0 aromatic heterocycles. The van der Waals surface area contributed by atoms with Crippen LogP contribution in [0.25, 0.3) is 0 Å². The van der Waals surface area contributed by atoms with Crippen molar-refractivity contribution >= 4 is 12.0 Å². The molecule has 1 saturated heterocycles. The number of carboxylic acid groups (broad SMARTS) is 1. The minimum absolute atomic E-state index is 0.145. The van der Waals surface area contributed by atoms with Crippen molar-refractivity contribution in [3.8, 4) is 0 Å². The van der Waals surface area contributed by atoms with E-state index in [0.717, 1.165) is 12.8 Å². The molecule has 0 aliphatic carbocycles. The Labute approximate surface area is 108 Å². The molecule has 1 aliphatic rings. The lowest BCUT2D eigenvalue weighted by atomic mass is 9.87. The van der Waals surface area contributed by atoms with E-state index >= 15 is 0 Å². The SMILES string of the molecule is CC(C)(C)[C@H](NC(=O)N1CCC(N)CC1)C(=O)O. The number of carbonyl (C=O) groups is 2. The minimum Gasteiger partial charge on any atom is -0.480 e. The van der Waals surface area contributed by atoms with Crippen molar-refractivity contribution < 1.29 is 14.7 Å². The summed E-state index contributed by atoms with van der Waals surface area (Å²) in [6.07, 6.45) is 1.53. The molecule has 1 fully saturated rings. The van der Waals surface area contributed by atoms with Gasteiger partial charge in [-0.2, -0.15) is 0 Å². The molecular formula is C12H23N3O3. The molecule has 0 aromatic rings. The number of hydrogen-bond donors (Lipinski definition) is 3. The third-order valence-corrected chi connectivity index (χ3v) is 3.21. The number of nitrogens with two attached hydrogens (primary N) is 1. The van der Waals surface area contributed by atoms with Gasteiger partial charge in [0, 0.05) is 19.1 Å². The standard InChI is InChI=1S/C12H23N3O3/c1-12(2,3)9(10(16)17)14-11(18)15-6-4-8(13)5-7-15/h8-9H,4-7,13H2,1-3H3,(H,14,18)(H,16,17)/t9-/m1/s1. The van der Waals surface area contributed by atoms with Crippen LogP contribution in [0.1, 0.15) is 33.6 Å². The Balaban J connectivity index is 2.59. The molecule has 6 nitrogen and oxygen atoms in total. The Bertz CT molecular complexity index is 317. The number of urea groups is 1. The van der Waals surface area contributed by atoms with Crippen LogP contribution >= 0.6 is 0 Å². The molecule has 0 radical (unpaired) electrons. The van der Waals surface area contributed by atoms with Crippen molar-refractivity contribution in [1.82, 2.24) is 10.2 Å². The number of carbonyl (C=O) groups excluding carboxylic acids is 1. The van der Waals surface area contributed by atoms with E-state index in [-0.39, 0.29) is 12.1 Å². The summed E-state index contributed by atoms with van der Waals surface area (Å²) < 4.78 is 0. The van der Waals surface area contributed by atoms with Crippen LogP contribution < -0.4 is 11.1 Å². The van der Waals surface area contributed by atoms with Crippen molar-refractivity contribution in [2.24, 2.45) is 11.1 Å². The molecule has 104 valence electrons. The van der Waals surface area contributed by atoms with Gasteiger partial charge in [0.15, 0.2) is 0 Å². The number of nitrogens with one attached hydrogen (secondary N) is 1. The number of piperidine rings is 1. The Kier molecular flexibility index (Phi) is 4.56. The van der Waals surface area contributed by atoms with Gasteiger partial charge in [-0.05, 0) is 18.3 Å². The van der Waals surface area contributed by atoms with Crippen LogP contribution in [-0.4, -0.2) is 47.2 Å². The number of likely N-dealkylation sites (tertiary alicyclic amines) is 1. The van der Waals surface area contributed by atoms with Gasteiger partial charge in [-0.15, -0.1) is 0 Å². The van der Waals surface area contributed by atoms with E-state index in [1.165, 1.54) is 0 Å². The van der Waals surface area contributed by atoms with Crippen molar-refractivity contribution in [1.29, 1.82) is 0 Å². The Morgan fingerprint density at radius 3 is 2.22 bits per heavy atom. The van der Waals surface area contributed by atoms with Crippen LogP contribution in [0.4, 0.5) is 4.79 Å². The van der Waals surface area contributed by atoms with Gasteiger partial charge in [-0.3, -0.25) is 0 Å². The predicted molar refractivity (Wildman–Crippen MR) is 68.2 cm³/mol. The van der Waals surface area contributed by atoms with E-state index in [1.54, 1.807) is 25.7 Å². The first-order valence-corrected chi connectivity index (χ1v) is 6.25. The molecule has 0 aromatic carbocycles. The summed E-state index contributed by atoms with van der Waals surface area (Å²) in [7, 11) is 0. The van der Waals surface area contributed by atoms with Gasteiger partial charge in [-0.25, -0.2) is 9.59 Å². The lowest BCUT2D eigenvalue weighted by molar-refractivity contribution is -0.142. The predicted octanol–water partition coefficient (Wildman–Crippen LogP) is 0.618. The second-order valence-corrected chi connectivity index (χ2v) is 5.91. The Morgan fingerprint density at radius 2 is 1.83 bits per heavy atom. The zero-order valence-electron chi connectivity index (χ0n) is 11.3. The van der Waals surface area contributed by atoms with Gasteiger partial charge in [0.2, 0.25) is 0 Å². The molecule has 1 heterocycles. The molecule has 6 heteroatoms. The second kappa shape index (κ2) is 5.56. The molecule has 1 atom stereocenters. The van der Waals surface area contributed by atoms with Gasteiger partial charge < -0.3 is 21.1 Å². The van der Waals surface area contributed by atoms with Gasteiger partial charge in [0.1, 0.15) is 6.04 Å². The van der Waals surface area contributed by atoms with E-state index in [9.17, 15) is 9.59 Å². The number of aliphatic carboxylic acids is 1. The lowest BCUT2D eigenvalue weighted by Crippen LogP contribution is -2.55. The fourth-order valence-electron chi connectivity index (χ4n) is 1.97. The molecule has 0 unspecified atom stereocenters. The number of nitrogens with zero attached hydrogens (tertiary/aromatic N) is 1. The summed E-state index contributed by atoms with van der Waals surface area (Å²) in [6, 6.07) is -1.06. The number of rotatable bonds is 2. The first kappa shape index (κ1) is 14.8. The van der Waals surface area contributed by atoms with Crippen LogP contribution in [-0.2, 0) is 4.79 Å². The summed E-state index contributed by atoms with van der Waals surface area (Å²) in [5, 5.41) is 11.7. The molecule has 4 N–H and O–H groups in total. The molecule has 0 spiro atoms. The fraction of sp³-hybridized carbons (Fsp3) is 0.833. The highest BCUT2D eigenvalue weighted by Gasteiger charge is 2.34. The molecule has 1 rings (SSSR count). The summed E-state index contributed by atoms with van der Waals surface area (Å²) in [4.78, 5) is 24.8. The average molecular weight is 257 g/mol. The van der Waals surface area contributed by atoms with Crippen molar-refractivity contribution in [3.63, 3.8) is 0 Å². The van der Waals surface area contributed by atoms with Crippen LogP contribution in [0.2, 0.25) is 0 Å². The highest BCUT2D eigenvalue weighted by atomic mass is 16.4. The summed E-state index contributed by atoms with van der Waals surface area (Å²) in [5.74, 6) is -1.01. The van der Waals surface area contributed by atoms with Crippen LogP contribution in [0, 0.1) is 5.41 Å². The van der Waals surface area contributed by atoms with Crippen molar-refractivity contribution in [3.05, 3.63) is 0 Å². The van der Waals surface area contributed by atoms with E-state index in [2.05, 4.69) is 5.32 Å². The molecule has 18 heavy (non-hydrogen) atoms. The largest absolute Gasteiger partial charge is 0.480 e.